The third-order valence-electron chi connectivity index (χ3n) is 3.13. The van der Waals surface area contributed by atoms with Gasteiger partial charge in [0.15, 0.2) is 9.04 Å². The molecule has 2 aromatic rings. The molecule has 8 heteroatoms. The van der Waals surface area contributed by atoms with E-state index in [9.17, 15) is 0 Å². The van der Waals surface area contributed by atoms with Gasteiger partial charge in [-0.15, -0.1) is 10.2 Å². The average Bonchev–Trinajstić information content (AvgIpc) is 3.17. The van der Waals surface area contributed by atoms with Crippen molar-refractivity contribution in [1.29, 1.82) is 0 Å². The molecule has 2 bridgehead atoms. The molecule has 0 N–H and O–H groups in total. The summed E-state index contributed by atoms with van der Waals surface area (Å²) in [6.45, 7) is 0. The van der Waals surface area contributed by atoms with Crippen molar-refractivity contribution >= 4 is 20.1 Å². The van der Waals surface area contributed by atoms with Gasteiger partial charge in [0.05, 0.1) is 4.90 Å². The van der Waals surface area contributed by atoms with E-state index in [0.717, 1.165) is 15.9 Å². The topological polar surface area (TPSA) is 88.1 Å². The van der Waals surface area contributed by atoms with Crippen molar-refractivity contribution in [3.05, 3.63) is 18.2 Å². The Balaban J connectivity index is 2.19. The van der Waals surface area contributed by atoms with Crippen LogP contribution in [0.2, 0.25) is 0 Å². The second-order valence-corrected chi connectivity index (χ2v) is 7.97. The van der Waals surface area contributed by atoms with Gasteiger partial charge in [-0.1, -0.05) is 24.1 Å². The van der Waals surface area contributed by atoms with Gasteiger partial charge in [0.25, 0.3) is 5.16 Å². The van der Waals surface area contributed by atoms with Gasteiger partial charge in [0.1, 0.15) is 11.0 Å². The van der Waals surface area contributed by atoms with E-state index in [0.29, 0.717) is 5.16 Å². The fraction of sp³-hybridized carbons (Fsp3) is 0. The smallest absolute Gasteiger partial charge is 0.214 e. The van der Waals surface area contributed by atoms with Crippen LogP contribution in [0.25, 0.3) is 11.0 Å². The van der Waals surface area contributed by atoms with Gasteiger partial charge >= 0.3 is 0 Å². The van der Waals surface area contributed by atoms with Crippen LogP contribution in [0.5, 0.6) is 0 Å². The zero-order valence-electron chi connectivity index (χ0n) is 7.27. The summed E-state index contributed by atoms with van der Waals surface area (Å²) in [4.78, 5) is 5.28. The Bertz CT molecular complexity index is 734. The van der Waals surface area contributed by atoms with Gasteiger partial charge < -0.3 is 0 Å². The average molecular weight is 217 g/mol. The molecule has 0 amide bonds. The SMILES string of the molecule is c1cc2c3nc(nnc3c1)S213(N=N1)N=N3. The number of nitrogens with zero attached hydrogens (tertiary/aromatic N) is 7. The number of para-hydroxylation sites is 1. The highest BCUT2D eigenvalue weighted by atomic mass is 32.4. The van der Waals surface area contributed by atoms with Crippen LogP contribution >= 0.6 is 9.04 Å². The van der Waals surface area contributed by atoms with Crippen molar-refractivity contribution in [2.75, 3.05) is 0 Å². The molecule has 1 aromatic heterocycles. The summed E-state index contributed by atoms with van der Waals surface area (Å²) in [6, 6.07) is 5.68. The Labute approximate surface area is 82.2 Å². The first kappa shape index (κ1) is 6.51. The molecule has 3 aliphatic heterocycles. The summed E-state index contributed by atoms with van der Waals surface area (Å²) in [5.74, 6) is 0. The lowest BCUT2D eigenvalue weighted by Gasteiger charge is -2.28. The van der Waals surface area contributed by atoms with E-state index in [4.69, 9.17) is 0 Å². The van der Waals surface area contributed by atoms with E-state index in [1.54, 1.807) is 0 Å². The maximum absolute atomic E-state index is 4.39. The molecule has 5 rings (SSSR count). The molecular weight excluding hydrogens is 214 g/mol. The lowest BCUT2D eigenvalue weighted by molar-refractivity contribution is 0.878. The van der Waals surface area contributed by atoms with E-state index >= 15 is 0 Å². The Kier molecular flexibility index (Phi) is 0.519. The molecule has 1 aromatic carbocycles. The van der Waals surface area contributed by atoms with Crippen LogP contribution in [-0.4, -0.2) is 15.2 Å². The number of rotatable bonds is 0. The zero-order valence-corrected chi connectivity index (χ0v) is 8.09. The van der Waals surface area contributed by atoms with Gasteiger partial charge in [-0.3, -0.25) is 0 Å². The predicted molar refractivity (Wildman–Crippen MR) is 51.2 cm³/mol. The van der Waals surface area contributed by atoms with E-state index in [-0.39, 0.29) is 0 Å². The van der Waals surface area contributed by atoms with Gasteiger partial charge in [0, 0.05) is 0 Å². The maximum atomic E-state index is 4.39. The molecule has 0 saturated heterocycles. The third kappa shape index (κ3) is 0.348. The van der Waals surface area contributed by atoms with E-state index < -0.39 is 9.04 Å². The standard InChI is InChI=1S/C7H3N7S/c1-2-4-6-5(3-1)15(11-12-15,13-14-15)7(8-6)10-9-4/h1-3H. The van der Waals surface area contributed by atoms with Gasteiger partial charge in [0.2, 0.25) is 0 Å². The number of hydrogen-bond donors (Lipinski definition) is 0. The molecule has 0 aliphatic carbocycles. The number of benzene rings is 1. The third-order valence-corrected chi connectivity index (χ3v) is 7.04. The van der Waals surface area contributed by atoms with Gasteiger partial charge in [-0.05, 0) is 12.1 Å². The highest BCUT2D eigenvalue weighted by molar-refractivity contribution is 8.67. The molecule has 1 spiro atoms. The van der Waals surface area contributed by atoms with Gasteiger partial charge in [-0.2, -0.15) is 0 Å². The summed E-state index contributed by atoms with van der Waals surface area (Å²) in [5.41, 5.74) is 1.54. The maximum Gasteiger partial charge on any atom is 0.256 e. The van der Waals surface area contributed by atoms with Crippen LogP contribution in [0, 0.1) is 0 Å². The zero-order chi connectivity index (χ0) is 9.79. The largest absolute Gasteiger partial charge is 0.256 e. The van der Waals surface area contributed by atoms with Crippen LogP contribution in [0.3, 0.4) is 0 Å². The summed E-state index contributed by atoms with van der Waals surface area (Å²) in [7, 11) is -3.47. The van der Waals surface area contributed by atoms with E-state index in [1.165, 1.54) is 0 Å². The lowest BCUT2D eigenvalue weighted by Crippen LogP contribution is -2.03. The van der Waals surface area contributed by atoms with Crippen LogP contribution in [-0.2, 0) is 0 Å². The second-order valence-electron chi connectivity index (χ2n) is 3.87. The van der Waals surface area contributed by atoms with Crippen molar-refractivity contribution in [3.8, 4) is 0 Å². The number of fused-ring (bicyclic) bond motifs is 1. The molecular formula is C7H3N7S. The molecule has 3 aliphatic rings. The van der Waals surface area contributed by atoms with E-state index in [1.807, 2.05) is 18.2 Å². The predicted octanol–water partition coefficient (Wildman–Crippen LogP) is 2.22. The van der Waals surface area contributed by atoms with Crippen molar-refractivity contribution in [3.63, 3.8) is 0 Å². The van der Waals surface area contributed by atoms with Crippen LogP contribution in [0.1, 0.15) is 0 Å². The summed E-state index contributed by atoms with van der Waals surface area (Å²) < 4.78 is 16.6. The number of aromatic nitrogens is 3. The van der Waals surface area contributed by atoms with Crippen molar-refractivity contribution in [2.24, 2.45) is 18.1 Å². The molecule has 72 valence electrons. The van der Waals surface area contributed by atoms with Crippen molar-refractivity contribution in [1.82, 2.24) is 15.2 Å². The molecule has 0 fully saturated rings. The molecule has 7 nitrogen and oxygen atoms in total. The number of hydrogen-bond acceptors (Lipinski definition) is 7. The van der Waals surface area contributed by atoms with Gasteiger partial charge in [-0.25, -0.2) is 4.98 Å². The summed E-state index contributed by atoms with van der Waals surface area (Å²) in [6.07, 6.45) is 0. The monoisotopic (exact) mass is 217 g/mol. The minimum atomic E-state index is -3.47. The quantitative estimate of drug-likeness (QED) is 0.677. The fourth-order valence-electron chi connectivity index (χ4n) is 2.11. The molecule has 4 heterocycles. The van der Waals surface area contributed by atoms with Crippen molar-refractivity contribution in [2.45, 2.75) is 10.1 Å². The Morgan fingerprint density at radius 3 is 2.47 bits per heavy atom. The highest BCUT2D eigenvalue weighted by Gasteiger charge is 2.89. The van der Waals surface area contributed by atoms with Crippen LogP contribution < -0.4 is 0 Å². The fourth-order valence-corrected chi connectivity index (χ4v) is 5.60. The Hall–Kier alpha value is -1.96. The van der Waals surface area contributed by atoms with E-state index in [2.05, 4.69) is 33.3 Å². The molecule has 15 heavy (non-hydrogen) atoms. The molecule has 0 radical (unpaired) electrons. The molecule has 0 unspecified atom stereocenters. The molecule has 0 saturated carbocycles. The second kappa shape index (κ2) is 1.20. The first-order valence-electron chi connectivity index (χ1n) is 4.38. The first-order valence-corrected chi connectivity index (χ1v) is 6.65. The summed E-state index contributed by atoms with van der Waals surface area (Å²) >= 11 is 0. The Morgan fingerprint density at radius 1 is 0.933 bits per heavy atom. The lowest BCUT2D eigenvalue weighted by atomic mass is 10.3. The summed E-state index contributed by atoms with van der Waals surface area (Å²) in [5, 5.41) is 8.61. The minimum Gasteiger partial charge on any atom is -0.214 e. The van der Waals surface area contributed by atoms with Crippen molar-refractivity contribution < 1.29 is 0 Å². The molecule has 0 atom stereocenters. The first-order chi connectivity index (χ1) is 7.24. The Morgan fingerprint density at radius 2 is 1.73 bits per heavy atom. The van der Waals surface area contributed by atoms with Crippen LogP contribution in [0.15, 0.2) is 46.3 Å². The normalized spacial score (nSPS) is 31.5. The minimum absolute atomic E-state index is 0.476. The highest BCUT2D eigenvalue weighted by Crippen LogP contribution is 3.20. The van der Waals surface area contributed by atoms with Crippen LogP contribution in [0.4, 0.5) is 0 Å².